The number of rotatable bonds is 9. The van der Waals surface area contributed by atoms with Crippen molar-refractivity contribution < 1.29 is 36.6 Å². The lowest BCUT2D eigenvalue weighted by molar-refractivity contribution is -0.153. The van der Waals surface area contributed by atoms with Crippen LogP contribution in [-0.2, 0) is 11.2 Å². The maximum absolute atomic E-state index is 13.4. The lowest BCUT2D eigenvalue weighted by Crippen LogP contribution is -2.19. The first-order valence-corrected chi connectivity index (χ1v) is 9.97. The Labute approximate surface area is 186 Å². The van der Waals surface area contributed by atoms with Gasteiger partial charge in [-0.15, -0.1) is 0 Å². The number of pyridine rings is 1. The molecule has 0 saturated heterocycles. The van der Waals surface area contributed by atoms with Crippen LogP contribution in [0.3, 0.4) is 0 Å². The van der Waals surface area contributed by atoms with E-state index in [9.17, 15) is 31.9 Å². The number of carbonyl (C=O) groups is 1. The number of aromatic nitrogens is 1. The molecular formula is C24H20F5NO3. The highest BCUT2D eigenvalue weighted by Gasteiger charge is 2.28. The molecule has 0 spiro atoms. The summed E-state index contributed by atoms with van der Waals surface area (Å²) >= 11 is 0. The van der Waals surface area contributed by atoms with Crippen LogP contribution in [0.1, 0.15) is 23.6 Å². The van der Waals surface area contributed by atoms with E-state index in [2.05, 4.69) is 9.72 Å². The Morgan fingerprint density at radius 2 is 1.67 bits per heavy atom. The third kappa shape index (κ3) is 7.08. The number of benzene rings is 2. The number of hydrogen-bond acceptors (Lipinski definition) is 4. The molecule has 174 valence electrons. The molecule has 1 aromatic heterocycles. The average Bonchev–Trinajstić information content (AvgIpc) is 2.78. The van der Waals surface area contributed by atoms with Crippen molar-refractivity contribution in [1.29, 1.82) is 0 Å². The van der Waals surface area contributed by atoms with Crippen molar-refractivity contribution in [2.75, 3.05) is 13.2 Å². The fraction of sp³-hybridized carbons (Fsp3) is 0.250. The van der Waals surface area contributed by atoms with Crippen molar-refractivity contribution in [2.45, 2.75) is 24.9 Å². The topological polar surface area (TPSA) is 59.4 Å². The molecule has 33 heavy (non-hydrogen) atoms. The average molecular weight is 465 g/mol. The van der Waals surface area contributed by atoms with E-state index >= 15 is 0 Å². The van der Waals surface area contributed by atoms with Gasteiger partial charge in [-0.3, -0.25) is 9.78 Å². The number of Topliss-reactive ketones (excluding diaryl/α,β-unsaturated/α-hetero) is 1. The summed E-state index contributed by atoms with van der Waals surface area (Å²) in [6.45, 7) is -1.80. The highest BCUT2D eigenvalue weighted by atomic mass is 19.4. The van der Waals surface area contributed by atoms with Gasteiger partial charge in [0.2, 0.25) is 0 Å². The van der Waals surface area contributed by atoms with Gasteiger partial charge in [-0.1, -0.05) is 30.3 Å². The predicted octanol–water partition coefficient (Wildman–Crippen LogP) is 5.25. The first kappa shape index (κ1) is 24.3. The van der Waals surface area contributed by atoms with Crippen LogP contribution in [0, 0.1) is 11.6 Å². The van der Waals surface area contributed by atoms with Crippen LogP contribution in [0.4, 0.5) is 22.0 Å². The van der Waals surface area contributed by atoms with E-state index in [0.717, 1.165) is 18.3 Å². The molecule has 0 amide bonds. The maximum atomic E-state index is 13.4. The summed E-state index contributed by atoms with van der Waals surface area (Å²) in [5.41, 5.74) is 2.22. The van der Waals surface area contributed by atoms with E-state index in [4.69, 9.17) is 0 Å². The number of ketones is 1. The van der Waals surface area contributed by atoms with Gasteiger partial charge in [0.1, 0.15) is 11.5 Å². The smallest absolute Gasteiger partial charge is 0.422 e. The molecule has 1 N–H and O–H groups in total. The van der Waals surface area contributed by atoms with Gasteiger partial charge >= 0.3 is 6.18 Å². The van der Waals surface area contributed by atoms with Gasteiger partial charge in [0.25, 0.3) is 0 Å². The van der Waals surface area contributed by atoms with Crippen LogP contribution in [-0.4, -0.2) is 35.3 Å². The van der Waals surface area contributed by atoms with Gasteiger partial charge in [-0.2, -0.15) is 13.2 Å². The fourth-order valence-electron chi connectivity index (χ4n) is 3.21. The molecule has 2 aromatic carbocycles. The van der Waals surface area contributed by atoms with E-state index in [0.29, 0.717) is 22.4 Å². The second-order valence-corrected chi connectivity index (χ2v) is 7.45. The minimum absolute atomic E-state index is 0.0167. The largest absolute Gasteiger partial charge is 0.483 e. The molecule has 0 aliphatic heterocycles. The number of alkyl halides is 3. The highest BCUT2D eigenvalue weighted by molar-refractivity contribution is 5.82. The fourth-order valence-corrected chi connectivity index (χ4v) is 3.21. The van der Waals surface area contributed by atoms with Crippen LogP contribution in [0.15, 0.2) is 60.8 Å². The Balaban J connectivity index is 1.59. The Hall–Kier alpha value is -3.33. The zero-order chi connectivity index (χ0) is 24.0. The summed E-state index contributed by atoms with van der Waals surface area (Å²) in [7, 11) is 0. The summed E-state index contributed by atoms with van der Waals surface area (Å²) in [5, 5.41) is 9.65. The lowest BCUT2D eigenvalue weighted by atomic mass is 9.95. The molecule has 1 atom stereocenters. The summed E-state index contributed by atoms with van der Waals surface area (Å²) in [6.07, 6.45) is -3.28. The summed E-state index contributed by atoms with van der Waals surface area (Å²) < 4.78 is 67.8. The number of carbonyl (C=O) groups excluding carboxylic acids is 1. The van der Waals surface area contributed by atoms with Crippen LogP contribution in [0.5, 0.6) is 5.75 Å². The molecule has 0 saturated carbocycles. The molecule has 0 radical (unpaired) electrons. The standard InChI is InChI=1S/C24H20F5NO3/c25-21-7-5-17(11-22(21)26)16-3-1-15(2-4-16)9-19(32)10-18(13-31)23-8-6-20(12-30-23)33-14-24(27,28)29/h1-8,11-12,18,31H,9-10,13-14H2/t18-/m1/s1. The number of aliphatic hydroxyl groups is 1. The zero-order valence-electron chi connectivity index (χ0n) is 17.3. The normalized spacial score (nSPS) is 12.4. The number of hydrogen-bond donors (Lipinski definition) is 1. The van der Waals surface area contributed by atoms with Crippen LogP contribution in [0.25, 0.3) is 11.1 Å². The molecule has 0 bridgehead atoms. The third-order valence-electron chi connectivity index (χ3n) is 4.88. The van der Waals surface area contributed by atoms with Crippen molar-refractivity contribution in [3.63, 3.8) is 0 Å². The zero-order valence-corrected chi connectivity index (χ0v) is 17.3. The van der Waals surface area contributed by atoms with E-state index in [1.807, 2.05) is 0 Å². The minimum atomic E-state index is -4.47. The van der Waals surface area contributed by atoms with Gasteiger partial charge in [0, 0.05) is 24.5 Å². The Bertz CT molecular complexity index is 1080. The quantitative estimate of drug-likeness (QED) is 0.439. The first-order chi connectivity index (χ1) is 15.6. The Morgan fingerprint density at radius 1 is 0.970 bits per heavy atom. The molecule has 1 heterocycles. The van der Waals surface area contributed by atoms with Crippen LogP contribution < -0.4 is 4.74 Å². The molecule has 9 heteroatoms. The lowest BCUT2D eigenvalue weighted by Gasteiger charge is -2.14. The van der Waals surface area contributed by atoms with Gasteiger partial charge in [0.15, 0.2) is 18.2 Å². The van der Waals surface area contributed by atoms with Crippen molar-refractivity contribution in [3.05, 3.63) is 83.7 Å². The van der Waals surface area contributed by atoms with Crippen molar-refractivity contribution in [3.8, 4) is 16.9 Å². The number of ether oxygens (including phenoxy) is 1. The molecular weight excluding hydrogens is 445 g/mol. The second kappa shape index (κ2) is 10.5. The molecule has 0 aliphatic carbocycles. The van der Waals surface area contributed by atoms with Crippen LogP contribution >= 0.6 is 0 Å². The van der Waals surface area contributed by atoms with Crippen LogP contribution in [0.2, 0.25) is 0 Å². The first-order valence-electron chi connectivity index (χ1n) is 9.97. The maximum Gasteiger partial charge on any atom is 0.422 e. The van der Waals surface area contributed by atoms with Gasteiger partial charge < -0.3 is 9.84 Å². The number of aliphatic hydroxyl groups excluding tert-OH is 1. The van der Waals surface area contributed by atoms with E-state index < -0.39 is 30.3 Å². The summed E-state index contributed by atoms with van der Waals surface area (Å²) in [4.78, 5) is 16.5. The second-order valence-electron chi connectivity index (χ2n) is 7.45. The number of halogens is 5. The monoisotopic (exact) mass is 465 g/mol. The molecule has 0 fully saturated rings. The highest BCUT2D eigenvalue weighted by Crippen LogP contribution is 2.24. The van der Waals surface area contributed by atoms with E-state index in [1.54, 1.807) is 24.3 Å². The van der Waals surface area contributed by atoms with Crippen molar-refractivity contribution in [2.24, 2.45) is 0 Å². The van der Waals surface area contributed by atoms with Crippen molar-refractivity contribution in [1.82, 2.24) is 4.98 Å². The molecule has 3 rings (SSSR count). The Morgan fingerprint density at radius 3 is 2.24 bits per heavy atom. The van der Waals surface area contributed by atoms with E-state index in [-0.39, 0.29) is 31.0 Å². The van der Waals surface area contributed by atoms with Gasteiger partial charge in [0.05, 0.1) is 12.8 Å². The molecule has 4 nitrogen and oxygen atoms in total. The number of nitrogens with zero attached hydrogens (tertiary/aromatic N) is 1. The van der Waals surface area contributed by atoms with E-state index in [1.165, 1.54) is 18.2 Å². The van der Waals surface area contributed by atoms with Gasteiger partial charge in [-0.25, -0.2) is 8.78 Å². The molecule has 0 unspecified atom stereocenters. The SMILES string of the molecule is O=C(Cc1ccc(-c2ccc(F)c(F)c2)cc1)C[C@H](CO)c1ccc(OCC(F)(F)F)cn1. The Kier molecular flexibility index (Phi) is 7.75. The molecule has 0 aliphatic rings. The minimum Gasteiger partial charge on any atom is -0.483 e. The van der Waals surface area contributed by atoms with Crippen molar-refractivity contribution >= 4 is 5.78 Å². The summed E-state index contributed by atoms with van der Waals surface area (Å²) in [5.74, 6) is -2.74. The molecule has 3 aromatic rings. The predicted molar refractivity (Wildman–Crippen MR) is 111 cm³/mol. The summed E-state index contributed by atoms with van der Waals surface area (Å²) in [6, 6.07) is 13.1. The third-order valence-corrected chi connectivity index (χ3v) is 4.88. The van der Waals surface area contributed by atoms with Gasteiger partial charge in [-0.05, 0) is 41.0 Å².